The lowest BCUT2D eigenvalue weighted by atomic mass is 10.0. The SMILES string of the molecule is CCCCOc1cc(/C=C(\C(C)=O)C(=O)CCC)cc(OCCCC)c1OCCCC. The summed E-state index contributed by atoms with van der Waals surface area (Å²) in [7, 11) is 0. The fraction of sp³-hybridized carbons (Fsp3) is 0.615. The second-order valence-corrected chi connectivity index (χ2v) is 7.74. The van der Waals surface area contributed by atoms with Gasteiger partial charge in [-0.15, -0.1) is 0 Å². The molecule has 31 heavy (non-hydrogen) atoms. The van der Waals surface area contributed by atoms with Crippen molar-refractivity contribution in [1.29, 1.82) is 0 Å². The van der Waals surface area contributed by atoms with Crippen LogP contribution >= 0.6 is 0 Å². The Morgan fingerprint density at radius 1 is 0.774 bits per heavy atom. The lowest BCUT2D eigenvalue weighted by Gasteiger charge is -2.18. The van der Waals surface area contributed by atoms with Crippen LogP contribution in [0.2, 0.25) is 0 Å². The highest BCUT2D eigenvalue weighted by atomic mass is 16.5. The van der Waals surface area contributed by atoms with E-state index in [1.165, 1.54) is 6.92 Å². The van der Waals surface area contributed by atoms with E-state index in [0.29, 0.717) is 55.5 Å². The van der Waals surface area contributed by atoms with E-state index in [2.05, 4.69) is 20.8 Å². The van der Waals surface area contributed by atoms with Crippen molar-refractivity contribution in [2.24, 2.45) is 0 Å². The van der Waals surface area contributed by atoms with Gasteiger partial charge >= 0.3 is 0 Å². The van der Waals surface area contributed by atoms with Gasteiger partial charge in [-0.2, -0.15) is 0 Å². The number of ether oxygens (including phenoxy) is 3. The van der Waals surface area contributed by atoms with E-state index in [9.17, 15) is 9.59 Å². The van der Waals surface area contributed by atoms with E-state index in [0.717, 1.165) is 38.5 Å². The van der Waals surface area contributed by atoms with Gasteiger partial charge < -0.3 is 14.2 Å². The molecule has 0 fully saturated rings. The van der Waals surface area contributed by atoms with Gasteiger partial charge in [0, 0.05) is 6.42 Å². The highest BCUT2D eigenvalue weighted by Crippen LogP contribution is 2.40. The Hall–Kier alpha value is -2.30. The maximum Gasteiger partial charge on any atom is 0.203 e. The Kier molecular flexibility index (Phi) is 13.4. The first kappa shape index (κ1) is 26.7. The lowest BCUT2D eigenvalue weighted by Crippen LogP contribution is -2.10. The molecule has 0 saturated carbocycles. The topological polar surface area (TPSA) is 61.8 Å². The molecule has 5 nitrogen and oxygen atoms in total. The molecule has 1 rings (SSSR count). The second-order valence-electron chi connectivity index (χ2n) is 7.74. The van der Waals surface area contributed by atoms with E-state index < -0.39 is 0 Å². The van der Waals surface area contributed by atoms with Crippen LogP contribution in [-0.2, 0) is 9.59 Å². The van der Waals surface area contributed by atoms with E-state index in [1.54, 1.807) is 6.08 Å². The van der Waals surface area contributed by atoms with Crippen LogP contribution in [0.4, 0.5) is 0 Å². The molecular formula is C26H40O5. The van der Waals surface area contributed by atoms with E-state index in [4.69, 9.17) is 14.2 Å². The molecule has 0 radical (unpaired) electrons. The number of hydrogen-bond donors (Lipinski definition) is 0. The molecule has 0 bridgehead atoms. The van der Waals surface area contributed by atoms with Gasteiger partial charge in [-0.05, 0) is 56.4 Å². The molecule has 1 aromatic carbocycles. The molecule has 0 atom stereocenters. The summed E-state index contributed by atoms with van der Waals surface area (Å²) in [5.74, 6) is 1.41. The minimum absolute atomic E-state index is 0.139. The largest absolute Gasteiger partial charge is 0.490 e. The van der Waals surface area contributed by atoms with Crippen molar-refractivity contribution in [2.75, 3.05) is 19.8 Å². The number of hydrogen-bond acceptors (Lipinski definition) is 5. The first-order chi connectivity index (χ1) is 15.0. The molecule has 174 valence electrons. The van der Waals surface area contributed by atoms with Gasteiger partial charge in [0.15, 0.2) is 23.1 Å². The lowest BCUT2D eigenvalue weighted by molar-refractivity contribution is -0.120. The van der Waals surface area contributed by atoms with Crippen molar-refractivity contribution < 1.29 is 23.8 Å². The zero-order valence-corrected chi connectivity index (χ0v) is 20.1. The summed E-state index contributed by atoms with van der Waals surface area (Å²) in [6, 6.07) is 3.68. The van der Waals surface area contributed by atoms with Gasteiger partial charge in [-0.3, -0.25) is 9.59 Å². The average Bonchev–Trinajstić information content (AvgIpc) is 2.74. The summed E-state index contributed by atoms with van der Waals surface area (Å²) < 4.78 is 18.1. The molecule has 0 saturated heterocycles. The highest BCUT2D eigenvalue weighted by molar-refractivity contribution is 6.22. The fourth-order valence-corrected chi connectivity index (χ4v) is 2.92. The van der Waals surface area contributed by atoms with E-state index in [1.807, 2.05) is 19.1 Å². The minimum Gasteiger partial charge on any atom is -0.490 e. The maximum absolute atomic E-state index is 12.4. The van der Waals surface area contributed by atoms with Gasteiger partial charge in [0.2, 0.25) is 5.75 Å². The third-order valence-corrected chi connectivity index (χ3v) is 4.77. The van der Waals surface area contributed by atoms with Crippen molar-refractivity contribution in [3.8, 4) is 17.2 Å². The maximum atomic E-state index is 12.4. The summed E-state index contributed by atoms with van der Waals surface area (Å²) >= 11 is 0. The summed E-state index contributed by atoms with van der Waals surface area (Å²) in [6.07, 6.45) is 8.55. The van der Waals surface area contributed by atoms with Gasteiger partial charge in [0.25, 0.3) is 0 Å². The molecule has 0 amide bonds. The Morgan fingerprint density at radius 2 is 1.26 bits per heavy atom. The van der Waals surface area contributed by atoms with Crippen LogP contribution in [0.25, 0.3) is 6.08 Å². The third-order valence-electron chi connectivity index (χ3n) is 4.77. The number of unbranched alkanes of at least 4 members (excludes halogenated alkanes) is 3. The van der Waals surface area contributed by atoms with Gasteiger partial charge in [0.05, 0.1) is 25.4 Å². The summed E-state index contributed by atoms with van der Waals surface area (Å²) in [5, 5.41) is 0. The molecule has 5 heteroatoms. The van der Waals surface area contributed by atoms with Gasteiger partial charge in [0.1, 0.15) is 0 Å². The number of carbonyl (C=O) groups excluding carboxylic acids is 2. The monoisotopic (exact) mass is 432 g/mol. The molecule has 0 N–H and O–H groups in total. The van der Waals surface area contributed by atoms with Crippen molar-refractivity contribution in [3.63, 3.8) is 0 Å². The highest BCUT2D eigenvalue weighted by Gasteiger charge is 2.18. The summed E-state index contributed by atoms with van der Waals surface area (Å²) in [5.41, 5.74) is 0.913. The van der Waals surface area contributed by atoms with Crippen LogP contribution < -0.4 is 14.2 Å². The fourth-order valence-electron chi connectivity index (χ4n) is 2.92. The number of rotatable bonds is 17. The number of ketones is 2. The first-order valence-corrected chi connectivity index (χ1v) is 11.8. The number of Topliss-reactive ketones (excluding diaryl/α,β-unsaturated/α-hetero) is 2. The predicted molar refractivity (Wildman–Crippen MR) is 126 cm³/mol. The summed E-state index contributed by atoms with van der Waals surface area (Å²) in [6.45, 7) is 11.4. The third kappa shape index (κ3) is 9.58. The molecule has 0 aliphatic carbocycles. The van der Waals surface area contributed by atoms with Crippen LogP contribution in [0.15, 0.2) is 17.7 Å². The van der Waals surface area contributed by atoms with Crippen molar-refractivity contribution >= 4 is 17.6 Å². The average molecular weight is 433 g/mol. The Balaban J connectivity index is 3.42. The Morgan fingerprint density at radius 3 is 1.68 bits per heavy atom. The number of benzene rings is 1. The van der Waals surface area contributed by atoms with Crippen LogP contribution in [0.5, 0.6) is 17.2 Å². The summed E-state index contributed by atoms with van der Waals surface area (Å²) in [4.78, 5) is 24.6. The van der Waals surface area contributed by atoms with E-state index in [-0.39, 0.29) is 17.1 Å². The van der Waals surface area contributed by atoms with Crippen molar-refractivity contribution in [2.45, 2.75) is 86.0 Å². The molecule has 0 aliphatic heterocycles. The van der Waals surface area contributed by atoms with Gasteiger partial charge in [-0.25, -0.2) is 0 Å². The smallest absolute Gasteiger partial charge is 0.203 e. The van der Waals surface area contributed by atoms with Gasteiger partial charge in [-0.1, -0.05) is 47.0 Å². The minimum atomic E-state index is -0.233. The molecule has 0 aromatic heterocycles. The van der Waals surface area contributed by atoms with Crippen LogP contribution in [0.1, 0.15) is 91.5 Å². The number of allylic oxidation sites excluding steroid dienone is 1. The zero-order chi connectivity index (χ0) is 23.1. The second kappa shape index (κ2) is 15.5. The van der Waals surface area contributed by atoms with Crippen molar-refractivity contribution in [1.82, 2.24) is 0 Å². The standard InChI is InChI=1S/C26H40O5/c1-6-10-14-29-24-18-21(17-22(20(5)27)23(28)13-9-4)19-25(30-15-11-7-2)26(24)31-16-12-8-3/h17-19H,6-16H2,1-5H3/b22-17+. The molecule has 0 aliphatic rings. The molecule has 0 spiro atoms. The first-order valence-electron chi connectivity index (χ1n) is 11.8. The Labute approximate surface area is 188 Å². The number of carbonyl (C=O) groups is 2. The van der Waals surface area contributed by atoms with Crippen LogP contribution in [-0.4, -0.2) is 31.4 Å². The molecule has 0 unspecified atom stereocenters. The Bertz CT molecular complexity index is 690. The quantitative estimate of drug-likeness (QED) is 0.121. The van der Waals surface area contributed by atoms with E-state index >= 15 is 0 Å². The van der Waals surface area contributed by atoms with Crippen LogP contribution in [0, 0.1) is 0 Å². The zero-order valence-electron chi connectivity index (χ0n) is 20.1. The normalized spacial score (nSPS) is 11.3. The predicted octanol–water partition coefficient (Wildman–Crippen LogP) is 6.56. The molecule has 1 aromatic rings. The molecular weight excluding hydrogens is 392 g/mol. The van der Waals surface area contributed by atoms with Crippen LogP contribution in [0.3, 0.4) is 0 Å². The van der Waals surface area contributed by atoms with Crippen molar-refractivity contribution in [3.05, 3.63) is 23.3 Å². The molecule has 0 heterocycles.